The molecule has 0 N–H and O–H groups in total. The van der Waals surface area contributed by atoms with Crippen molar-refractivity contribution >= 4 is 33.4 Å². The summed E-state index contributed by atoms with van der Waals surface area (Å²) in [5.41, 5.74) is 1.24. The molecule has 0 aliphatic rings. The Morgan fingerprint density at radius 3 is 2.12 bits per heavy atom. The van der Waals surface area contributed by atoms with E-state index in [1.54, 1.807) is 42.5 Å². The van der Waals surface area contributed by atoms with E-state index in [-0.39, 0.29) is 10.7 Å². The highest BCUT2D eigenvalue weighted by atomic mass is 35.5. The molecule has 2 rings (SSSR count). The van der Waals surface area contributed by atoms with Crippen LogP contribution in [0.3, 0.4) is 0 Å². The predicted octanol–water partition coefficient (Wildman–Crippen LogP) is 3.48. The lowest BCUT2D eigenvalue weighted by Crippen LogP contribution is -2.10. The summed E-state index contributed by atoms with van der Waals surface area (Å²) in [5.74, 6) is -1.18. The summed E-state index contributed by atoms with van der Waals surface area (Å²) in [5, 5.41) is -0.459. The normalized spacial score (nSPS) is 12.3. The van der Waals surface area contributed by atoms with Gasteiger partial charge in [0.15, 0.2) is 10.8 Å². The molecule has 0 saturated carbocycles. The zero-order valence-electron chi connectivity index (χ0n) is 13.0. The van der Waals surface area contributed by atoms with Gasteiger partial charge in [0.2, 0.25) is 0 Å². The summed E-state index contributed by atoms with van der Waals surface area (Å²) in [6, 6.07) is 14.3. The third kappa shape index (κ3) is 4.15. The van der Waals surface area contributed by atoms with Crippen LogP contribution in [0.2, 0.25) is 0 Å². The summed E-state index contributed by atoms with van der Waals surface area (Å²) in [6.07, 6.45) is 0. The summed E-state index contributed by atoms with van der Waals surface area (Å²) >= 11 is 5.97. The standard InChI is InChI=1S/C17H15ClO5S/c1-12-8-10-14(11-9-12)24(20,21)23-16(15(18)17(19)22-2)13-6-4-3-5-7-13/h3-11H,1-2H3/b16-15+. The fraction of sp³-hybridized carbons (Fsp3) is 0.118. The number of benzene rings is 2. The van der Waals surface area contributed by atoms with Gasteiger partial charge < -0.3 is 8.92 Å². The maximum Gasteiger partial charge on any atom is 0.353 e. The fourth-order valence-corrected chi connectivity index (χ4v) is 3.08. The van der Waals surface area contributed by atoms with Crippen LogP contribution in [0.25, 0.3) is 5.76 Å². The average Bonchev–Trinajstić information content (AvgIpc) is 2.59. The number of carbonyl (C=O) groups is 1. The number of hydrogen-bond acceptors (Lipinski definition) is 5. The van der Waals surface area contributed by atoms with Gasteiger partial charge in [0.25, 0.3) is 0 Å². The van der Waals surface area contributed by atoms with Crippen LogP contribution in [0.5, 0.6) is 0 Å². The average molecular weight is 367 g/mol. The van der Waals surface area contributed by atoms with Crippen molar-refractivity contribution in [3.63, 3.8) is 0 Å². The maximum absolute atomic E-state index is 12.5. The first kappa shape index (κ1) is 18.0. The number of esters is 1. The zero-order chi connectivity index (χ0) is 17.7. The largest absolute Gasteiger partial charge is 0.465 e. The van der Waals surface area contributed by atoms with Gasteiger partial charge in [-0.3, -0.25) is 0 Å². The highest BCUT2D eigenvalue weighted by Gasteiger charge is 2.24. The summed E-state index contributed by atoms with van der Waals surface area (Å²) in [7, 11) is -3.02. The van der Waals surface area contributed by atoms with Crippen molar-refractivity contribution in [2.45, 2.75) is 11.8 Å². The molecule has 0 aromatic heterocycles. The van der Waals surface area contributed by atoms with E-state index in [1.807, 2.05) is 6.92 Å². The van der Waals surface area contributed by atoms with Crippen LogP contribution in [0, 0.1) is 6.92 Å². The van der Waals surface area contributed by atoms with Crippen LogP contribution in [0.1, 0.15) is 11.1 Å². The van der Waals surface area contributed by atoms with Gasteiger partial charge in [0.05, 0.1) is 7.11 Å². The van der Waals surface area contributed by atoms with Gasteiger partial charge in [-0.1, -0.05) is 59.6 Å². The molecule has 0 saturated heterocycles. The molecule has 2 aromatic rings. The van der Waals surface area contributed by atoms with Crippen LogP contribution in [-0.2, 0) is 23.8 Å². The first-order valence-corrected chi connectivity index (χ1v) is 8.68. The number of aryl methyl sites for hydroxylation is 1. The Labute approximate surface area is 145 Å². The quantitative estimate of drug-likeness (QED) is 0.350. The molecule has 0 fully saturated rings. The van der Waals surface area contributed by atoms with Gasteiger partial charge in [-0.25, -0.2) is 4.79 Å². The lowest BCUT2D eigenvalue weighted by Gasteiger charge is -2.12. The van der Waals surface area contributed by atoms with Crippen molar-refractivity contribution < 1.29 is 22.1 Å². The SMILES string of the molecule is COC(=O)/C(Cl)=C(\OS(=O)(=O)c1ccc(C)cc1)c1ccccc1. The smallest absolute Gasteiger partial charge is 0.353 e. The topological polar surface area (TPSA) is 69.7 Å². The Morgan fingerprint density at radius 1 is 1.00 bits per heavy atom. The van der Waals surface area contributed by atoms with Crippen molar-refractivity contribution in [1.82, 2.24) is 0 Å². The highest BCUT2D eigenvalue weighted by Crippen LogP contribution is 2.28. The van der Waals surface area contributed by atoms with Crippen LogP contribution < -0.4 is 0 Å². The van der Waals surface area contributed by atoms with E-state index in [2.05, 4.69) is 4.74 Å². The molecule has 0 bridgehead atoms. The number of ether oxygens (including phenoxy) is 1. The zero-order valence-corrected chi connectivity index (χ0v) is 14.6. The van der Waals surface area contributed by atoms with E-state index >= 15 is 0 Å². The molecule has 24 heavy (non-hydrogen) atoms. The molecule has 2 aromatic carbocycles. The molecule has 0 heterocycles. The third-order valence-electron chi connectivity index (χ3n) is 3.10. The molecule has 0 amide bonds. The first-order valence-electron chi connectivity index (χ1n) is 6.90. The van der Waals surface area contributed by atoms with Crippen LogP contribution in [0.15, 0.2) is 64.5 Å². The summed E-state index contributed by atoms with van der Waals surface area (Å²) < 4.78 is 34.7. The highest BCUT2D eigenvalue weighted by molar-refractivity contribution is 7.87. The Balaban J connectivity index is 2.50. The van der Waals surface area contributed by atoms with Crippen LogP contribution >= 0.6 is 11.6 Å². The molecule has 5 nitrogen and oxygen atoms in total. The third-order valence-corrected chi connectivity index (χ3v) is 4.66. The summed E-state index contributed by atoms with van der Waals surface area (Å²) in [6.45, 7) is 1.83. The van der Waals surface area contributed by atoms with Crippen molar-refractivity contribution in [3.05, 3.63) is 70.8 Å². The Morgan fingerprint density at radius 2 is 1.58 bits per heavy atom. The van der Waals surface area contributed by atoms with Crippen LogP contribution in [-0.4, -0.2) is 21.5 Å². The van der Waals surface area contributed by atoms with E-state index in [9.17, 15) is 13.2 Å². The van der Waals surface area contributed by atoms with E-state index in [1.165, 1.54) is 12.1 Å². The second kappa shape index (κ2) is 7.51. The van der Waals surface area contributed by atoms with Crippen molar-refractivity contribution in [3.8, 4) is 0 Å². The van der Waals surface area contributed by atoms with Gasteiger partial charge in [-0.2, -0.15) is 8.42 Å². The van der Waals surface area contributed by atoms with Crippen molar-refractivity contribution in [1.29, 1.82) is 0 Å². The Bertz CT molecular complexity index is 856. The lowest BCUT2D eigenvalue weighted by molar-refractivity contribution is -0.135. The van der Waals surface area contributed by atoms with Gasteiger partial charge >= 0.3 is 16.1 Å². The molecule has 0 atom stereocenters. The van der Waals surface area contributed by atoms with Crippen molar-refractivity contribution in [2.24, 2.45) is 0 Å². The number of halogens is 1. The van der Waals surface area contributed by atoms with E-state index < -0.39 is 21.1 Å². The minimum Gasteiger partial charge on any atom is -0.465 e. The van der Waals surface area contributed by atoms with E-state index in [4.69, 9.17) is 15.8 Å². The minimum absolute atomic E-state index is 0.0455. The van der Waals surface area contributed by atoms with Gasteiger partial charge in [-0.05, 0) is 19.1 Å². The molecule has 0 spiro atoms. The van der Waals surface area contributed by atoms with E-state index in [0.29, 0.717) is 5.56 Å². The lowest BCUT2D eigenvalue weighted by atomic mass is 10.2. The molecule has 126 valence electrons. The number of carbonyl (C=O) groups excluding carboxylic acids is 1. The monoisotopic (exact) mass is 366 g/mol. The van der Waals surface area contributed by atoms with E-state index in [0.717, 1.165) is 12.7 Å². The molecule has 0 unspecified atom stereocenters. The first-order chi connectivity index (χ1) is 11.3. The number of rotatable bonds is 5. The van der Waals surface area contributed by atoms with Crippen molar-refractivity contribution in [2.75, 3.05) is 7.11 Å². The maximum atomic E-state index is 12.5. The molecule has 0 radical (unpaired) electrons. The second-order valence-corrected chi connectivity index (χ2v) is 6.78. The second-order valence-electron chi connectivity index (χ2n) is 4.85. The molecule has 7 heteroatoms. The Hall–Kier alpha value is -2.31. The number of methoxy groups -OCH3 is 1. The Kier molecular flexibility index (Phi) is 5.64. The van der Waals surface area contributed by atoms with Gasteiger partial charge in [0.1, 0.15) is 4.90 Å². The van der Waals surface area contributed by atoms with Gasteiger partial charge in [-0.15, -0.1) is 0 Å². The molecular weight excluding hydrogens is 352 g/mol. The fourth-order valence-electron chi connectivity index (χ4n) is 1.85. The molecular formula is C17H15ClO5S. The predicted molar refractivity (Wildman–Crippen MR) is 90.7 cm³/mol. The molecule has 0 aliphatic heterocycles. The minimum atomic E-state index is -4.16. The van der Waals surface area contributed by atoms with Gasteiger partial charge in [0, 0.05) is 5.56 Å². The summed E-state index contributed by atoms with van der Waals surface area (Å²) in [4.78, 5) is 11.7. The number of hydrogen-bond donors (Lipinski definition) is 0. The molecule has 0 aliphatic carbocycles. The van der Waals surface area contributed by atoms with Crippen LogP contribution in [0.4, 0.5) is 0 Å².